The smallest absolute Gasteiger partial charge is 0.262 e. The lowest BCUT2D eigenvalue weighted by Gasteiger charge is -2.19. The summed E-state index contributed by atoms with van der Waals surface area (Å²) in [4.78, 5) is 26.9. The second-order valence-electron chi connectivity index (χ2n) is 7.31. The fourth-order valence-electron chi connectivity index (χ4n) is 3.75. The molecule has 1 atom stereocenters. The Morgan fingerprint density at radius 1 is 1.33 bits per heavy atom. The molecule has 0 radical (unpaired) electrons. The minimum absolute atomic E-state index is 0.0156. The van der Waals surface area contributed by atoms with E-state index in [0.717, 1.165) is 29.3 Å². The van der Waals surface area contributed by atoms with Gasteiger partial charge in [0.15, 0.2) is 0 Å². The summed E-state index contributed by atoms with van der Waals surface area (Å²) in [5, 5.41) is 13.2. The third-order valence-electron chi connectivity index (χ3n) is 5.42. The first-order chi connectivity index (χ1) is 14.6. The quantitative estimate of drug-likeness (QED) is 0.537. The predicted octanol–water partition coefficient (Wildman–Crippen LogP) is 2.71. The molecule has 0 spiro atoms. The highest BCUT2D eigenvalue weighted by atomic mass is 16.5. The molecule has 1 aliphatic rings. The topological polar surface area (TPSA) is 87.4 Å². The van der Waals surface area contributed by atoms with Gasteiger partial charge in [0.1, 0.15) is 18.2 Å². The highest BCUT2D eigenvalue weighted by molar-refractivity contribution is 6.04. The van der Waals surface area contributed by atoms with Gasteiger partial charge in [0.05, 0.1) is 6.10 Å². The number of nitriles is 1. The second kappa shape index (κ2) is 10.1. The first kappa shape index (κ1) is 21.6. The zero-order chi connectivity index (χ0) is 21.5. The number of para-hydroxylation sites is 1. The summed E-state index contributed by atoms with van der Waals surface area (Å²) in [6.07, 6.45) is 5.34. The molecule has 2 heterocycles. The van der Waals surface area contributed by atoms with Crippen LogP contribution in [0.1, 0.15) is 32.3 Å². The summed E-state index contributed by atoms with van der Waals surface area (Å²) >= 11 is 0. The van der Waals surface area contributed by atoms with Crippen molar-refractivity contribution in [2.45, 2.75) is 39.3 Å². The molecule has 1 saturated heterocycles. The van der Waals surface area contributed by atoms with Crippen molar-refractivity contribution in [2.75, 3.05) is 26.2 Å². The van der Waals surface area contributed by atoms with E-state index in [1.165, 1.54) is 0 Å². The van der Waals surface area contributed by atoms with Gasteiger partial charge in [-0.05, 0) is 38.8 Å². The second-order valence-corrected chi connectivity index (χ2v) is 7.31. The molecule has 30 heavy (non-hydrogen) atoms. The molecule has 0 aliphatic carbocycles. The Morgan fingerprint density at radius 2 is 2.10 bits per heavy atom. The molecular weight excluding hydrogens is 380 g/mol. The van der Waals surface area contributed by atoms with Crippen molar-refractivity contribution in [3.05, 3.63) is 41.6 Å². The summed E-state index contributed by atoms with van der Waals surface area (Å²) in [6.45, 7) is 6.55. The molecule has 158 valence electrons. The standard InChI is InChI=1S/C23H28N4O3/c1-3-26(4-2)22(28)16-27-15-18(20-9-5-6-10-21(20)27)12-17(13-24)23(29)25-14-19-8-7-11-30-19/h5-6,9-10,12,15,19H,3-4,7-8,11,14,16H2,1-2H3,(H,25,29)/b17-12-/t19-/m1/s1. The first-order valence-corrected chi connectivity index (χ1v) is 10.4. The molecule has 0 saturated carbocycles. The molecule has 0 bridgehead atoms. The van der Waals surface area contributed by atoms with E-state index in [1.54, 1.807) is 11.0 Å². The van der Waals surface area contributed by atoms with Crippen molar-refractivity contribution < 1.29 is 14.3 Å². The number of amides is 2. The maximum Gasteiger partial charge on any atom is 0.262 e. The number of aromatic nitrogens is 1. The number of fused-ring (bicyclic) bond motifs is 1. The number of nitrogens with zero attached hydrogens (tertiary/aromatic N) is 3. The van der Waals surface area contributed by atoms with Gasteiger partial charge in [-0.3, -0.25) is 9.59 Å². The summed E-state index contributed by atoms with van der Waals surface area (Å²) < 4.78 is 7.39. The van der Waals surface area contributed by atoms with Crippen LogP contribution in [0.5, 0.6) is 0 Å². The van der Waals surface area contributed by atoms with Crippen LogP contribution in [-0.2, 0) is 20.9 Å². The lowest BCUT2D eigenvalue weighted by Crippen LogP contribution is -2.33. The average Bonchev–Trinajstić information content (AvgIpc) is 3.40. The van der Waals surface area contributed by atoms with E-state index in [-0.39, 0.29) is 24.1 Å². The van der Waals surface area contributed by atoms with Gasteiger partial charge in [-0.25, -0.2) is 0 Å². The minimum Gasteiger partial charge on any atom is -0.376 e. The largest absolute Gasteiger partial charge is 0.376 e. The van der Waals surface area contributed by atoms with Gasteiger partial charge < -0.3 is 19.5 Å². The Balaban J connectivity index is 1.84. The van der Waals surface area contributed by atoms with Gasteiger partial charge in [0.25, 0.3) is 5.91 Å². The van der Waals surface area contributed by atoms with Crippen molar-refractivity contribution in [2.24, 2.45) is 0 Å². The number of carbonyl (C=O) groups is 2. The van der Waals surface area contributed by atoms with Crippen LogP contribution in [-0.4, -0.2) is 53.6 Å². The summed E-state index contributed by atoms with van der Waals surface area (Å²) in [5.41, 5.74) is 1.66. The fraction of sp³-hybridized carbons (Fsp3) is 0.435. The van der Waals surface area contributed by atoms with E-state index in [9.17, 15) is 14.9 Å². The molecule has 0 unspecified atom stereocenters. The zero-order valence-corrected chi connectivity index (χ0v) is 17.6. The van der Waals surface area contributed by atoms with Crippen LogP contribution >= 0.6 is 0 Å². The predicted molar refractivity (Wildman–Crippen MR) is 115 cm³/mol. The number of benzene rings is 1. The van der Waals surface area contributed by atoms with Crippen LogP contribution in [0.25, 0.3) is 17.0 Å². The lowest BCUT2D eigenvalue weighted by atomic mass is 10.1. The SMILES string of the molecule is CCN(CC)C(=O)Cn1cc(/C=C(/C#N)C(=O)NC[C@H]2CCCO2)c2ccccc21. The van der Waals surface area contributed by atoms with Crippen molar-refractivity contribution >= 4 is 28.8 Å². The highest BCUT2D eigenvalue weighted by Crippen LogP contribution is 2.24. The molecule has 1 N–H and O–H groups in total. The number of ether oxygens (including phenoxy) is 1. The van der Waals surface area contributed by atoms with E-state index in [0.29, 0.717) is 26.2 Å². The van der Waals surface area contributed by atoms with E-state index in [2.05, 4.69) is 5.32 Å². The average molecular weight is 409 g/mol. The van der Waals surface area contributed by atoms with Gasteiger partial charge in [-0.2, -0.15) is 5.26 Å². The van der Waals surface area contributed by atoms with Crippen LogP contribution in [0.15, 0.2) is 36.0 Å². The molecule has 1 aromatic heterocycles. The molecule has 7 heteroatoms. The lowest BCUT2D eigenvalue weighted by molar-refractivity contribution is -0.131. The van der Waals surface area contributed by atoms with Gasteiger partial charge in [-0.1, -0.05) is 18.2 Å². The monoisotopic (exact) mass is 408 g/mol. The molecule has 1 fully saturated rings. The number of hydrogen-bond donors (Lipinski definition) is 1. The van der Waals surface area contributed by atoms with Gasteiger partial charge in [0.2, 0.25) is 5.91 Å². The van der Waals surface area contributed by atoms with Crippen LogP contribution < -0.4 is 5.32 Å². The van der Waals surface area contributed by atoms with Gasteiger partial charge in [-0.15, -0.1) is 0 Å². The molecule has 7 nitrogen and oxygen atoms in total. The van der Waals surface area contributed by atoms with Gasteiger partial charge >= 0.3 is 0 Å². The highest BCUT2D eigenvalue weighted by Gasteiger charge is 2.19. The van der Waals surface area contributed by atoms with Crippen LogP contribution in [0.2, 0.25) is 0 Å². The molecule has 2 aromatic rings. The molecular formula is C23H28N4O3. The van der Waals surface area contributed by atoms with Crippen LogP contribution in [0, 0.1) is 11.3 Å². The summed E-state index contributed by atoms with van der Waals surface area (Å²) in [6, 6.07) is 9.68. The maximum atomic E-state index is 12.6. The van der Waals surface area contributed by atoms with E-state index in [1.807, 2.05) is 54.9 Å². The Labute approximate surface area is 176 Å². The normalized spacial score (nSPS) is 16.4. The first-order valence-electron chi connectivity index (χ1n) is 10.4. The molecule has 1 aromatic carbocycles. The Hall–Kier alpha value is -3.11. The number of likely N-dealkylation sites (N-methyl/N-ethyl adjacent to an activating group) is 1. The van der Waals surface area contributed by atoms with E-state index in [4.69, 9.17) is 4.74 Å². The number of carbonyl (C=O) groups excluding carboxylic acids is 2. The van der Waals surface area contributed by atoms with E-state index >= 15 is 0 Å². The number of hydrogen-bond acceptors (Lipinski definition) is 4. The Kier molecular flexibility index (Phi) is 7.26. The van der Waals surface area contributed by atoms with Crippen LogP contribution in [0.4, 0.5) is 0 Å². The summed E-state index contributed by atoms with van der Waals surface area (Å²) in [7, 11) is 0. The third kappa shape index (κ3) is 4.89. The number of rotatable bonds is 8. The van der Waals surface area contributed by atoms with Gasteiger partial charge in [0, 0.05) is 48.9 Å². The maximum absolute atomic E-state index is 12.6. The van der Waals surface area contributed by atoms with Crippen molar-refractivity contribution in [1.29, 1.82) is 5.26 Å². The zero-order valence-electron chi connectivity index (χ0n) is 17.6. The van der Waals surface area contributed by atoms with Crippen molar-refractivity contribution in [3.8, 4) is 6.07 Å². The molecule has 3 rings (SSSR count). The van der Waals surface area contributed by atoms with Crippen molar-refractivity contribution in [3.63, 3.8) is 0 Å². The Bertz CT molecular complexity index is 976. The van der Waals surface area contributed by atoms with E-state index < -0.39 is 5.91 Å². The molecule has 1 aliphatic heterocycles. The number of nitrogens with one attached hydrogen (secondary N) is 1. The van der Waals surface area contributed by atoms with Crippen LogP contribution in [0.3, 0.4) is 0 Å². The van der Waals surface area contributed by atoms with Crippen molar-refractivity contribution in [1.82, 2.24) is 14.8 Å². The minimum atomic E-state index is -0.413. The third-order valence-corrected chi connectivity index (χ3v) is 5.42. The molecule has 2 amide bonds. The fourth-order valence-corrected chi connectivity index (χ4v) is 3.75. The summed E-state index contributed by atoms with van der Waals surface area (Å²) in [5.74, 6) is -0.379. The Morgan fingerprint density at radius 3 is 2.77 bits per heavy atom.